The first-order valence-electron chi connectivity index (χ1n) is 6.97. The maximum Gasteiger partial charge on any atom is 0.182 e. The first kappa shape index (κ1) is 15.1. The molecule has 1 aliphatic rings. The van der Waals surface area contributed by atoms with Crippen LogP contribution in [0.2, 0.25) is 0 Å². The summed E-state index contributed by atoms with van der Waals surface area (Å²) in [4.78, 5) is 0.129. The van der Waals surface area contributed by atoms with E-state index in [4.69, 9.17) is 5.73 Å². The zero-order valence-electron chi connectivity index (χ0n) is 12.0. The second-order valence-electron chi connectivity index (χ2n) is 5.23. The molecule has 1 aliphatic heterocycles. The van der Waals surface area contributed by atoms with Gasteiger partial charge in [-0.3, -0.25) is 0 Å². The van der Waals surface area contributed by atoms with Crippen molar-refractivity contribution in [3.8, 4) is 0 Å². The molecule has 114 valence electrons. The summed E-state index contributed by atoms with van der Waals surface area (Å²) in [5.74, 6) is 0.621. The predicted octanol–water partition coefficient (Wildman–Crippen LogP) is 0.443. The highest BCUT2D eigenvalue weighted by atomic mass is 32.2. The number of piperidine rings is 1. The Morgan fingerprint density at radius 1 is 1.45 bits per heavy atom. The van der Waals surface area contributed by atoms with E-state index in [1.165, 1.54) is 6.26 Å². The van der Waals surface area contributed by atoms with E-state index in [0.29, 0.717) is 12.4 Å². The van der Waals surface area contributed by atoms with Gasteiger partial charge in [-0.15, -0.1) is 0 Å². The molecule has 0 amide bonds. The zero-order chi connectivity index (χ0) is 14.8. The molecule has 0 bridgehead atoms. The summed E-state index contributed by atoms with van der Waals surface area (Å²) in [6, 6.07) is 0.237. The van der Waals surface area contributed by atoms with E-state index in [1.807, 2.05) is 6.92 Å². The van der Waals surface area contributed by atoms with Gasteiger partial charge >= 0.3 is 0 Å². The van der Waals surface area contributed by atoms with Gasteiger partial charge in [0.05, 0.1) is 0 Å². The lowest BCUT2D eigenvalue weighted by molar-refractivity contribution is 0.476. The third-order valence-corrected chi connectivity index (χ3v) is 4.58. The van der Waals surface area contributed by atoms with Crippen LogP contribution in [0, 0.1) is 0 Å². The molecular weight excluding hydrogens is 278 g/mol. The minimum atomic E-state index is -3.40. The molecule has 1 fully saturated rings. The third kappa shape index (κ3) is 3.24. The number of hydrogen-bond acceptors (Lipinski definition) is 6. The number of nitrogen functional groups attached to an aromatic ring is 1. The Bertz CT molecular complexity index is 561. The van der Waals surface area contributed by atoms with Crippen molar-refractivity contribution < 1.29 is 8.42 Å². The minimum Gasteiger partial charge on any atom is -0.383 e. The Balaban J connectivity index is 2.32. The average Bonchev–Trinajstić information content (AvgIpc) is 2.67. The van der Waals surface area contributed by atoms with Crippen LogP contribution in [0.3, 0.4) is 0 Å². The molecule has 2 rings (SSSR count). The number of aromatic nitrogens is 2. The summed E-state index contributed by atoms with van der Waals surface area (Å²) in [6.07, 6.45) is 3.92. The van der Waals surface area contributed by atoms with Crippen molar-refractivity contribution in [2.75, 3.05) is 30.4 Å². The van der Waals surface area contributed by atoms with Gasteiger partial charge in [0.25, 0.3) is 0 Å². The van der Waals surface area contributed by atoms with Crippen LogP contribution < -0.4 is 16.4 Å². The summed E-state index contributed by atoms with van der Waals surface area (Å²) in [7, 11) is -3.40. The minimum absolute atomic E-state index is 0.129. The van der Waals surface area contributed by atoms with Crippen LogP contribution in [0.4, 0.5) is 11.6 Å². The molecule has 0 atom stereocenters. The zero-order valence-corrected chi connectivity index (χ0v) is 12.8. The summed E-state index contributed by atoms with van der Waals surface area (Å²) < 4.78 is 25.5. The smallest absolute Gasteiger partial charge is 0.182 e. The lowest BCUT2D eigenvalue weighted by Crippen LogP contribution is -2.35. The van der Waals surface area contributed by atoms with Gasteiger partial charge in [0, 0.05) is 18.8 Å². The molecule has 0 radical (unpaired) electrons. The molecule has 8 heteroatoms. The van der Waals surface area contributed by atoms with Gasteiger partial charge < -0.3 is 16.4 Å². The monoisotopic (exact) mass is 301 g/mol. The van der Waals surface area contributed by atoms with Crippen LogP contribution in [0.5, 0.6) is 0 Å². The van der Waals surface area contributed by atoms with Crippen molar-refractivity contribution in [1.29, 1.82) is 0 Å². The van der Waals surface area contributed by atoms with Crippen molar-refractivity contribution in [3.63, 3.8) is 0 Å². The van der Waals surface area contributed by atoms with E-state index in [2.05, 4.69) is 15.7 Å². The maximum atomic E-state index is 11.9. The quantitative estimate of drug-likeness (QED) is 0.729. The largest absolute Gasteiger partial charge is 0.383 e. The fraction of sp³-hybridized carbons (Fsp3) is 0.750. The average molecular weight is 301 g/mol. The molecule has 0 saturated carbocycles. The first-order chi connectivity index (χ1) is 9.43. The van der Waals surface area contributed by atoms with Crippen LogP contribution in [0.1, 0.15) is 26.2 Å². The fourth-order valence-corrected chi connectivity index (χ4v) is 3.40. The molecule has 0 spiro atoms. The number of nitrogens with two attached hydrogens (primary N) is 1. The van der Waals surface area contributed by atoms with E-state index in [-0.39, 0.29) is 16.8 Å². The van der Waals surface area contributed by atoms with Gasteiger partial charge in [0.15, 0.2) is 20.6 Å². The number of aryl methyl sites for hydroxylation is 1. The number of anilines is 2. The molecule has 1 aromatic heterocycles. The van der Waals surface area contributed by atoms with Gasteiger partial charge in [-0.1, -0.05) is 6.92 Å². The molecular formula is C12H23N5O2S. The normalized spacial score (nSPS) is 17.3. The molecule has 0 aliphatic carbocycles. The first-order valence-corrected chi connectivity index (χ1v) is 8.86. The van der Waals surface area contributed by atoms with Crippen LogP contribution in [0.25, 0.3) is 0 Å². The molecule has 20 heavy (non-hydrogen) atoms. The van der Waals surface area contributed by atoms with Crippen LogP contribution in [-0.2, 0) is 16.4 Å². The Labute approximate surface area is 119 Å². The van der Waals surface area contributed by atoms with Crippen LogP contribution in [0.15, 0.2) is 4.90 Å². The second-order valence-corrected chi connectivity index (χ2v) is 7.18. The number of nitrogens with one attached hydrogen (secondary N) is 2. The van der Waals surface area contributed by atoms with E-state index in [9.17, 15) is 8.42 Å². The van der Waals surface area contributed by atoms with Crippen molar-refractivity contribution >= 4 is 21.5 Å². The van der Waals surface area contributed by atoms with E-state index < -0.39 is 9.84 Å². The van der Waals surface area contributed by atoms with E-state index >= 15 is 0 Å². The number of hydrogen-bond donors (Lipinski definition) is 3. The topological polar surface area (TPSA) is 102 Å². The third-order valence-electron chi connectivity index (χ3n) is 3.43. The summed E-state index contributed by atoms with van der Waals surface area (Å²) in [6.45, 7) is 4.47. The van der Waals surface area contributed by atoms with Crippen LogP contribution in [-0.4, -0.2) is 43.6 Å². The van der Waals surface area contributed by atoms with Crippen molar-refractivity contribution in [1.82, 2.24) is 15.1 Å². The predicted molar refractivity (Wildman–Crippen MR) is 79.6 cm³/mol. The molecule has 2 heterocycles. The van der Waals surface area contributed by atoms with Gasteiger partial charge in [0.1, 0.15) is 5.82 Å². The lowest BCUT2D eigenvalue weighted by atomic mass is 10.1. The number of sulfone groups is 1. The molecule has 0 unspecified atom stereocenters. The molecule has 4 N–H and O–H groups in total. The van der Waals surface area contributed by atoms with Crippen molar-refractivity contribution in [2.45, 2.75) is 43.7 Å². The Kier molecular flexibility index (Phi) is 4.54. The second kappa shape index (κ2) is 6.01. The lowest BCUT2D eigenvalue weighted by Gasteiger charge is -2.23. The molecule has 7 nitrogen and oxygen atoms in total. The standard InChI is InChI=1S/C12H23N5O2S/c1-3-8-17-11(13)10(20(2,18)19)12(16-17)15-9-4-6-14-7-5-9/h9,14H,3-8,13H2,1-2H3,(H,15,16). The number of nitrogens with zero attached hydrogens (tertiary/aromatic N) is 2. The highest BCUT2D eigenvalue weighted by Gasteiger charge is 2.26. The summed E-state index contributed by atoms with van der Waals surface area (Å²) in [5, 5.41) is 10.9. The molecule has 1 aromatic rings. The Hall–Kier alpha value is -1.28. The van der Waals surface area contributed by atoms with E-state index in [1.54, 1.807) is 4.68 Å². The number of rotatable bonds is 5. The summed E-state index contributed by atoms with van der Waals surface area (Å²) >= 11 is 0. The summed E-state index contributed by atoms with van der Waals surface area (Å²) in [5.41, 5.74) is 5.95. The molecule has 1 saturated heterocycles. The van der Waals surface area contributed by atoms with Gasteiger partial charge in [-0.25, -0.2) is 13.1 Å². The SMILES string of the molecule is CCCn1nc(NC2CCNCC2)c(S(C)(=O)=O)c1N. The van der Waals surface area contributed by atoms with Crippen molar-refractivity contribution in [2.24, 2.45) is 0 Å². The van der Waals surface area contributed by atoms with E-state index in [0.717, 1.165) is 32.4 Å². The fourth-order valence-electron chi connectivity index (χ4n) is 2.46. The Morgan fingerprint density at radius 2 is 2.10 bits per heavy atom. The van der Waals surface area contributed by atoms with Gasteiger partial charge in [0.2, 0.25) is 0 Å². The van der Waals surface area contributed by atoms with Crippen molar-refractivity contribution in [3.05, 3.63) is 0 Å². The molecule has 0 aromatic carbocycles. The Morgan fingerprint density at radius 3 is 2.65 bits per heavy atom. The maximum absolute atomic E-state index is 11.9. The van der Waals surface area contributed by atoms with Gasteiger partial charge in [-0.05, 0) is 32.4 Å². The highest BCUT2D eigenvalue weighted by Crippen LogP contribution is 2.28. The highest BCUT2D eigenvalue weighted by molar-refractivity contribution is 7.91. The van der Waals surface area contributed by atoms with Crippen LogP contribution >= 0.6 is 0 Å². The van der Waals surface area contributed by atoms with Gasteiger partial charge in [-0.2, -0.15) is 5.10 Å².